The van der Waals surface area contributed by atoms with E-state index in [2.05, 4.69) is 15.5 Å². The van der Waals surface area contributed by atoms with Gasteiger partial charge in [-0.1, -0.05) is 78.9 Å². The average molecular weight is 339 g/mol. The summed E-state index contributed by atoms with van der Waals surface area (Å²) in [6.07, 6.45) is 0. The van der Waals surface area contributed by atoms with Gasteiger partial charge in [-0.2, -0.15) is 5.10 Å². The monoisotopic (exact) mass is 339 g/mol. The van der Waals surface area contributed by atoms with Crippen molar-refractivity contribution in [2.24, 2.45) is 0 Å². The van der Waals surface area contributed by atoms with E-state index in [1.165, 1.54) is 0 Å². The van der Waals surface area contributed by atoms with Gasteiger partial charge in [0.1, 0.15) is 0 Å². The molecule has 26 heavy (non-hydrogen) atoms. The van der Waals surface area contributed by atoms with Crippen molar-refractivity contribution >= 4 is 17.3 Å². The highest BCUT2D eigenvalue weighted by atomic mass is 16.1. The summed E-state index contributed by atoms with van der Waals surface area (Å²) in [5.74, 6) is 0.445. The molecule has 126 valence electrons. The van der Waals surface area contributed by atoms with E-state index in [-0.39, 0.29) is 5.78 Å². The van der Waals surface area contributed by atoms with Crippen molar-refractivity contribution in [3.05, 3.63) is 102 Å². The number of ketones is 1. The van der Waals surface area contributed by atoms with Gasteiger partial charge < -0.3 is 5.32 Å². The molecule has 0 atom stereocenters. The Kier molecular flexibility index (Phi) is 4.31. The van der Waals surface area contributed by atoms with E-state index in [0.29, 0.717) is 22.6 Å². The number of aromatic nitrogens is 2. The molecule has 0 spiro atoms. The number of para-hydroxylation sites is 1. The Morgan fingerprint density at radius 2 is 1.35 bits per heavy atom. The van der Waals surface area contributed by atoms with Gasteiger partial charge >= 0.3 is 0 Å². The number of nitrogens with one attached hydrogen (secondary N) is 2. The highest BCUT2D eigenvalue weighted by Crippen LogP contribution is 2.30. The standard InChI is InChI=1S/C22H17N3O/c26-21(17-12-6-2-7-13-17)19-20(16-10-4-1-5-11-16)24-25-22(19)23-18-14-8-3-9-15-18/h1-15H,(H2,23,24,25). The number of rotatable bonds is 5. The van der Waals surface area contributed by atoms with E-state index in [1.54, 1.807) is 0 Å². The maximum Gasteiger partial charge on any atom is 0.199 e. The lowest BCUT2D eigenvalue weighted by Crippen LogP contribution is -2.05. The van der Waals surface area contributed by atoms with Crippen molar-refractivity contribution in [1.82, 2.24) is 10.2 Å². The average Bonchev–Trinajstić information content (AvgIpc) is 3.13. The van der Waals surface area contributed by atoms with E-state index in [4.69, 9.17) is 0 Å². The molecule has 0 bridgehead atoms. The Labute approximate surface area is 151 Å². The van der Waals surface area contributed by atoms with Gasteiger partial charge in [-0.05, 0) is 12.1 Å². The Morgan fingerprint density at radius 3 is 2.00 bits per heavy atom. The highest BCUT2D eigenvalue weighted by Gasteiger charge is 2.22. The summed E-state index contributed by atoms with van der Waals surface area (Å²) in [5.41, 5.74) is 3.66. The van der Waals surface area contributed by atoms with Crippen LogP contribution in [0.4, 0.5) is 11.5 Å². The van der Waals surface area contributed by atoms with Crippen LogP contribution in [-0.4, -0.2) is 16.0 Å². The molecule has 0 amide bonds. The summed E-state index contributed by atoms with van der Waals surface area (Å²) < 4.78 is 0. The lowest BCUT2D eigenvalue weighted by Gasteiger charge is -2.08. The zero-order valence-electron chi connectivity index (χ0n) is 14.0. The smallest absolute Gasteiger partial charge is 0.199 e. The molecule has 4 heteroatoms. The van der Waals surface area contributed by atoms with Crippen molar-refractivity contribution in [1.29, 1.82) is 0 Å². The molecule has 0 radical (unpaired) electrons. The molecule has 0 fully saturated rings. The molecule has 0 unspecified atom stereocenters. The van der Waals surface area contributed by atoms with Crippen LogP contribution in [0.15, 0.2) is 91.0 Å². The van der Waals surface area contributed by atoms with Crippen LogP contribution in [0, 0.1) is 0 Å². The molecule has 0 aliphatic rings. The minimum atomic E-state index is -0.0726. The van der Waals surface area contributed by atoms with Gasteiger partial charge in [0, 0.05) is 16.8 Å². The quantitative estimate of drug-likeness (QED) is 0.500. The second kappa shape index (κ2) is 7.07. The van der Waals surface area contributed by atoms with Crippen molar-refractivity contribution in [2.75, 3.05) is 5.32 Å². The lowest BCUT2D eigenvalue weighted by atomic mass is 9.99. The molecule has 0 aliphatic heterocycles. The fraction of sp³-hybridized carbons (Fsp3) is 0. The first kappa shape index (κ1) is 15.8. The van der Waals surface area contributed by atoms with Gasteiger partial charge in [0.2, 0.25) is 0 Å². The van der Waals surface area contributed by atoms with E-state index in [9.17, 15) is 4.79 Å². The normalized spacial score (nSPS) is 10.5. The highest BCUT2D eigenvalue weighted by molar-refractivity contribution is 6.15. The molecule has 0 aliphatic carbocycles. The summed E-state index contributed by atoms with van der Waals surface area (Å²) >= 11 is 0. The number of carbonyl (C=O) groups is 1. The zero-order valence-corrected chi connectivity index (χ0v) is 14.0. The predicted octanol–water partition coefficient (Wildman–Crippen LogP) is 5.05. The second-order valence-electron chi connectivity index (χ2n) is 5.87. The summed E-state index contributed by atoms with van der Waals surface area (Å²) in [7, 11) is 0. The number of benzene rings is 3. The number of anilines is 2. The number of hydrogen-bond donors (Lipinski definition) is 2. The number of aromatic amines is 1. The van der Waals surface area contributed by atoms with E-state index >= 15 is 0 Å². The second-order valence-corrected chi connectivity index (χ2v) is 5.87. The Bertz CT molecular complexity index is 1010. The summed E-state index contributed by atoms with van der Waals surface area (Å²) in [6, 6.07) is 28.7. The topological polar surface area (TPSA) is 57.8 Å². The molecule has 4 rings (SSSR count). The molecular weight excluding hydrogens is 322 g/mol. The molecule has 4 aromatic rings. The van der Waals surface area contributed by atoms with Crippen LogP contribution in [0.2, 0.25) is 0 Å². The molecular formula is C22H17N3O. The van der Waals surface area contributed by atoms with Crippen molar-refractivity contribution in [3.8, 4) is 11.3 Å². The number of nitrogens with zero attached hydrogens (tertiary/aromatic N) is 1. The number of carbonyl (C=O) groups excluding carboxylic acids is 1. The largest absolute Gasteiger partial charge is 0.338 e. The SMILES string of the molecule is O=C(c1ccccc1)c1c(Nc2ccccc2)n[nH]c1-c1ccccc1. The van der Waals surface area contributed by atoms with Crippen LogP contribution in [-0.2, 0) is 0 Å². The van der Waals surface area contributed by atoms with Crippen LogP contribution in [0.5, 0.6) is 0 Å². The summed E-state index contributed by atoms with van der Waals surface area (Å²) in [6.45, 7) is 0. The van der Waals surface area contributed by atoms with Gasteiger partial charge in [-0.25, -0.2) is 0 Å². The third-order valence-electron chi connectivity index (χ3n) is 4.13. The van der Waals surface area contributed by atoms with Crippen LogP contribution >= 0.6 is 0 Å². The van der Waals surface area contributed by atoms with Crippen LogP contribution in [0.25, 0.3) is 11.3 Å². The first-order valence-corrected chi connectivity index (χ1v) is 8.38. The fourth-order valence-electron chi connectivity index (χ4n) is 2.86. The van der Waals surface area contributed by atoms with Gasteiger partial charge in [0.25, 0.3) is 0 Å². The summed E-state index contributed by atoms with van der Waals surface area (Å²) in [5, 5.41) is 10.7. The third kappa shape index (κ3) is 3.13. The maximum atomic E-state index is 13.2. The molecule has 0 saturated carbocycles. The van der Waals surface area contributed by atoms with Gasteiger partial charge in [-0.3, -0.25) is 9.89 Å². The molecule has 1 aromatic heterocycles. The van der Waals surface area contributed by atoms with Gasteiger partial charge in [0.05, 0.1) is 11.3 Å². The first-order valence-electron chi connectivity index (χ1n) is 8.38. The lowest BCUT2D eigenvalue weighted by molar-refractivity contribution is 0.104. The Morgan fingerprint density at radius 1 is 0.769 bits per heavy atom. The van der Waals surface area contributed by atoms with Crippen LogP contribution < -0.4 is 5.32 Å². The van der Waals surface area contributed by atoms with Crippen molar-refractivity contribution in [3.63, 3.8) is 0 Å². The van der Waals surface area contributed by atoms with Crippen LogP contribution in [0.1, 0.15) is 15.9 Å². The van der Waals surface area contributed by atoms with Crippen molar-refractivity contribution < 1.29 is 4.79 Å². The number of H-pyrrole nitrogens is 1. The molecule has 1 heterocycles. The van der Waals surface area contributed by atoms with E-state index < -0.39 is 0 Å². The maximum absolute atomic E-state index is 13.2. The number of hydrogen-bond acceptors (Lipinski definition) is 3. The van der Waals surface area contributed by atoms with E-state index in [0.717, 1.165) is 11.3 Å². The molecule has 4 nitrogen and oxygen atoms in total. The molecule has 3 aromatic carbocycles. The first-order chi connectivity index (χ1) is 12.8. The van der Waals surface area contributed by atoms with Crippen molar-refractivity contribution in [2.45, 2.75) is 0 Å². The van der Waals surface area contributed by atoms with Crippen LogP contribution in [0.3, 0.4) is 0 Å². The third-order valence-corrected chi connectivity index (χ3v) is 4.13. The predicted molar refractivity (Wildman–Crippen MR) is 104 cm³/mol. The van der Waals surface area contributed by atoms with Gasteiger partial charge in [-0.15, -0.1) is 0 Å². The fourth-order valence-corrected chi connectivity index (χ4v) is 2.86. The summed E-state index contributed by atoms with van der Waals surface area (Å²) in [4.78, 5) is 13.2. The molecule has 2 N–H and O–H groups in total. The zero-order chi connectivity index (χ0) is 17.8. The minimum absolute atomic E-state index is 0.0726. The Balaban J connectivity index is 1.82. The minimum Gasteiger partial charge on any atom is -0.338 e. The van der Waals surface area contributed by atoms with Gasteiger partial charge in [0.15, 0.2) is 11.6 Å². The Hall–Kier alpha value is -3.66. The van der Waals surface area contributed by atoms with E-state index in [1.807, 2.05) is 91.0 Å². The molecule has 0 saturated heterocycles.